The number of benzene rings is 6. The van der Waals surface area contributed by atoms with E-state index in [1.165, 1.54) is 31.8 Å². The van der Waals surface area contributed by atoms with Crippen molar-refractivity contribution in [2.45, 2.75) is 0 Å². The maximum atomic E-state index is 6.57. The molecule has 0 radical (unpaired) electrons. The molecule has 2 N–H and O–H groups in total. The number of rotatable bonds is 7. The van der Waals surface area contributed by atoms with E-state index in [1.807, 2.05) is 24.3 Å². The van der Waals surface area contributed by atoms with Gasteiger partial charge in [-0.05, 0) is 36.0 Å². The Morgan fingerprint density at radius 1 is 0.450 bits per heavy atom. The first-order valence-electron chi connectivity index (χ1n) is 13.4. The number of hydrogen-bond donors (Lipinski definition) is 1. The number of nitrogens with two attached hydrogens (primary N) is 1. The summed E-state index contributed by atoms with van der Waals surface area (Å²) in [4.78, 5) is 0. The van der Waals surface area contributed by atoms with Crippen molar-refractivity contribution in [3.63, 3.8) is 0 Å². The predicted molar refractivity (Wildman–Crippen MR) is 177 cm³/mol. The second-order valence-corrected chi connectivity index (χ2v) is 14.6. The summed E-state index contributed by atoms with van der Waals surface area (Å²) in [6, 6.07) is 60.2. The molecule has 0 aliphatic carbocycles. The third kappa shape index (κ3) is 5.05. The highest BCUT2D eigenvalue weighted by molar-refractivity contribution is 7.90. The highest BCUT2D eigenvalue weighted by Crippen LogP contribution is 2.51. The van der Waals surface area contributed by atoms with E-state index in [2.05, 4.69) is 146 Å². The first-order chi connectivity index (χ1) is 19.8. The first-order valence-corrected chi connectivity index (χ1v) is 16.4. The van der Waals surface area contributed by atoms with Crippen LogP contribution in [-0.4, -0.2) is 0 Å². The van der Waals surface area contributed by atoms with Gasteiger partial charge in [-0.25, -0.2) is 0 Å². The lowest BCUT2D eigenvalue weighted by Gasteiger charge is -2.32. The topological polar surface area (TPSA) is 38.4 Å². The lowest BCUT2D eigenvalue weighted by atomic mass is 10.3. The Labute approximate surface area is 238 Å². The second kappa shape index (κ2) is 11.9. The molecular weight excluding hydrogens is 522 g/mol. The molecular formula is C36H30N2P2. The van der Waals surface area contributed by atoms with E-state index in [0.717, 1.165) is 5.69 Å². The highest BCUT2D eigenvalue weighted by Gasteiger charge is 2.32. The average Bonchev–Trinajstić information content (AvgIpc) is 3.03. The van der Waals surface area contributed by atoms with Gasteiger partial charge in [0.05, 0.1) is 18.4 Å². The van der Waals surface area contributed by atoms with Crippen LogP contribution in [0.4, 0.5) is 11.4 Å². The van der Waals surface area contributed by atoms with E-state index in [0.29, 0.717) is 5.69 Å². The Hall–Kier alpha value is -4.22. The molecule has 0 aromatic heterocycles. The van der Waals surface area contributed by atoms with Gasteiger partial charge in [0, 0.05) is 15.9 Å². The van der Waals surface area contributed by atoms with Crippen LogP contribution in [0.5, 0.6) is 0 Å². The molecule has 0 spiro atoms. The van der Waals surface area contributed by atoms with Crippen molar-refractivity contribution < 1.29 is 0 Å². The number of nitrogen functional groups attached to an aromatic ring is 1. The maximum Gasteiger partial charge on any atom is 0.0854 e. The van der Waals surface area contributed by atoms with Gasteiger partial charge in [0.1, 0.15) is 0 Å². The van der Waals surface area contributed by atoms with E-state index < -0.39 is 15.0 Å². The monoisotopic (exact) mass is 552 g/mol. The zero-order chi connectivity index (χ0) is 27.2. The van der Waals surface area contributed by atoms with E-state index in [1.54, 1.807) is 0 Å². The van der Waals surface area contributed by atoms with Crippen molar-refractivity contribution >= 4 is 58.2 Å². The van der Waals surface area contributed by atoms with Gasteiger partial charge in [-0.3, -0.25) is 4.74 Å². The fourth-order valence-electron chi connectivity index (χ4n) is 5.13. The zero-order valence-electron chi connectivity index (χ0n) is 22.1. The minimum Gasteiger partial charge on any atom is -0.397 e. The van der Waals surface area contributed by atoms with Crippen LogP contribution in [0.15, 0.2) is 175 Å². The number of hydrogen-bond acceptors (Lipinski definition) is 2. The molecule has 40 heavy (non-hydrogen) atoms. The van der Waals surface area contributed by atoms with Gasteiger partial charge in [-0.15, -0.1) is 0 Å². The molecule has 4 heteroatoms. The van der Waals surface area contributed by atoms with Crippen molar-refractivity contribution in [1.82, 2.24) is 0 Å². The van der Waals surface area contributed by atoms with E-state index in [4.69, 9.17) is 10.5 Å². The van der Waals surface area contributed by atoms with Gasteiger partial charge < -0.3 is 5.73 Å². The van der Waals surface area contributed by atoms with Crippen LogP contribution in [0.3, 0.4) is 0 Å². The number of nitrogens with zero attached hydrogens (tertiary/aromatic N) is 1. The largest absolute Gasteiger partial charge is 0.397 e. The Morgan fingerprint density at radius 3 is 1.40 bits per heavy atom. The quantitative estimate of drug-likeness (QED) is 0.171. The van der Waals surface area contributed by atoms with Crippen molar-refractivity contribution in [2.75, 3.05) is 5.73 Å². The summed E-state index contributed by atoms with van der Waals surface area (Å²) < 4.78 is 5.73. The van der Waals surface area contributed by atoms with Crippen molar-refractivity contribution in [3.05, 3.63) is 170 Å². The summed E-state index contributed by atoms with van der Waals surface area (Å²) >= 11 is 0. The van der Waals surface area contributed by atoms with Crippen molar-refractivity contribution in [1.29, 1.82) is 0 Å². The number of para-hydroxylation sites is 1. The lowest BCUT2D eigenvalue weighted by molar-refractivity contribution is 1.54. The third-order valence-corrected chi connectivity index (χ3v) is 13.3. The molecule has 0 atom stereocenters. The standard InChI is InChI=1S/C36H30N2P2/c37-33-25-13-14-26-34(33)38-40(31-21-9-3-10-22-31,32-23-11-4-12-24-32)36-28-16-15-27-35(36)39(29-17-5-1-6-18-29)30-19-7-2-8-20-30/h1-28H,37H2. The van der Waals surface area contributed by atoms with Gasteiger partial charge in [-0.2, -0.15) is 0 Å². The molecule has 0 aliphatic heterocycles. The summed E-state index contributed by atoms with van der Waals surface area (Å²) in [6.07, 6.45) is 0. The fourth-order valence-corrected chi connectivity index (χ4v) is 11.8. The van der Waals surface area contributed by atoms with Crippen LogP contribution < -0.4 is 37.6 Å². The molecule has 6 aromatic carbocycles. The Morgan fingerprint density at radius 2 is 0.875 bits per heavy atom. The average molecular weight is 553 g/mol. The molecule has 0 fully saturated rings. The summed E-state index contributed by atoms with van der Waals surface area (Å²) in [5.41, 5.74) is 8.08. The zero-order valence-corrected chi connectivity index (χ0v) is 23.9. The molecule has 0 amide bonds. The molecule has 0 aliphatic rings. The van der Waals surface area contributed by atoms with Gasteiger partial charge in [-0.1, -0.05) is 158 Å². The van der Waals surface area contributed by atoms with Crippen LogP contribution in [0.25, 0.3) is 0 Å². The van der Waals surface area contributed by atoms with Crippen LogP contribution in [-0.2, 0) is 0 Å². The molecule has 0 unspecified atom stereocenters. The summed E-state index contributed by atoms with van der Waals surface area (Å²) in [6.45, 7) is 0. The molecule has 0 bridgehead atoms. The smallest absolute Gasteiger partial charge is 0.0854 e. The Kier molecular flexibility index (Phi) is 7.73. The normalized spacial score (nSPS) is 11.3. The summed E-state index contributed by atoms with van der Waals surface area (Å²) in [5.74, 6) is 0. The molecule has 0 heterocycles. The highest BCUT2D eigenvalue weighted by atomic mass is 31.2. The molecule has 2 nitrogen and oxygen atoms in total. The molecule has 6 rings (SSSR count). The second-order valence-electron chi connectivity index (χ2n) is 9.46. The Bertz CT molecular complexity index is 1670. The SMILES string of the molecule is Nc1ccccc1N=P(c1ccccc1)(c1ccccc1)c1ccccc1P(c1ccccc1)c1ccccc1. The van der Waals surface area contributed by atoms with Crippen LogP contribution in [0.1, 0.15) is 0 Å². The van der Waals surface area contributed by atoms with Gasteiger partial charge in [0.2, 0.25) is 0 Å². The third-order valence-electron chi connectivity index (χ3n) is 6.95. The van der Waals surface area contributed by atoms with Crippen LogP contribution in [0, 0.1) is 0 Å². The fraction of sp³-hybridized carbons (Fsp3) is 0. The summed E-state index contributed by atoms with van der Waals surface area (Å²) in [7, 11) is -3.43. The van der Waals surface area contributed by atoms with Crippen LogP contribution >= 0.6 is 15.0 Å². The van der Waals surface area contributed by atoms with Gasteiger partial charge >= 0.3 is 0 Å². The van der Waals surface area contributed by atoms with Gasteiger partial charge in [0.15, 0.2) is 0 Å². The molecule has 6 aromatic rings. The van der Waals surface area contributed by atoms with E-state index in [-0.39, 0.29) is 0 Å². The Balaban J connectivity index is 1.76. The van der Waals surface area contributed by atoms with Crippen LogP contribution in [0.2, 0.25) is 0 Å². The van der Waals surface area contributed by atoms with E-state index >= 15 is 0 Å². The minimum atomic E-state index is -2.57. The maximum absolute atomic E-state index is 6.57. The molecule has 194 valence electrons. The lowest BCUT2D eigenvalue weighted by Crippen LogP contribution is -2.36. The summed E-state index contributed by atoms with van der Waals surface area (Å²) in [5, 5.41) is 7.61. The van der Waals surface area contributed by atoms with Crippen molar-refractivity contribution in [3.8, 4) is 0 Å². The first kappa shape index (κ1) is 26.0. The van der Waals surface area contributed by atoms with Crippen molar-refractivity contribution in [2.24, 2.45) is 4.74 Å². The minimum absolute atomic E-state index is 0.685. The van der Waals surface area contributed by atoms with E-state index in [9.17, 15) is 0 Å². The number of anilines is 1. The predicted octanol–water partition coefficient (Wildman–Crippen LogP) is 6.84. The van der Waals surface area contributed by atoms with Gasteiger partial charge in [0.25, 0.3) is 0 Å². The molecule has 0 saturated carbocycles. The molecule has 0 saturated heterocycles.